The normalized spacial score (nSPS) is 13.2. The third-order valence-corrected chi connectivity index (χ3v) is 3.96. The Morgan fingerprint density at radius 1 is 0.957 bits per heavy atom. The van der Waals surface area contributed by atoms with E-state index in [1.165, 1.54) is 4.90 Å². The molecule has 0 bridgehead atoms. The first-order valence-corrected chi connectivity index (χ1v) is 7.28. The van der Waals surface area contributed by atoms with Crippen LogP contribution in [0.15, 0.2) is 65.8 Å². The predicted octanol–water partition coefficient (Wildman–Crippen LogP) is 2.66. The molecule has 4 rings (SSSR count). The van der Waals surface area contributed by atoms with Gasteiger partial charge < -0.3 is 4.98 Å². The number of carbonyl (C=O) groups is 1. The Morgan fingerprint density at radius 2 is 1.74 bits per heavy atom. The Hall–Kier alpha value is -3.21. The number of pyridine rings is 2. The van der Waals surface area contributed by atoms with E-state index in [4.69, 9.17) is 0 Å². The molecular formula is C18H13N3O2. The Balaban J connectivity index is 1.87. The van der Waals surface area contributed by atoms with Crippen molar-refractivity contribution < 1.29 is 4.79 Å². The number of rotatable bonds is 2. The van der Waals surface area contributed by atoms with Crippen LogP contribution in [0, 0.1) is 0 Å². The second-order valence-electron chi connectivity index (χ2n) is 5.37. The number of nitrogens with zero attached hydrogens (tertiary/aromatic N) is 2. The van der Waals surface area contributed by atoms with Crippen molar-refractivity contribution in [3.8, 4) is 11.1 Å². The summed E-state index contributed by atoms with van der Waals surface area (Å²) in [6, 6.07) is 13.0. The highest BCUT2D eigenvalue weighted by Crippen LogP contribution is 2.34. The summed E-state index contributed by atoms with van der Waals surface area (Å²) in [5, 5.41) is 0. The van der Waals surface area contributed by atoms with Crippen molar-refractivity contribution in [1.29, 1.82) is 0 Å². The molecule has 1 aliphatic heterocycles. The minimum atomic E-state index is -0.284. The van der Waals surface area contributed by atoms with Crippen LogP contribution < -0.4 is 10.5 Å². The number of fused-ring (bicyclic) bond motifs is 1. The molecule has 5 heteroatoms. The monoisotopic (exact) mass is 303 g/mol. The van der Waals surface area contributed by atoms with Crippen LogP contribution in [0.4, 0.5) is 11.4 Å². The SMILES string of the molecule is O=C1Cc2ccccc2N1c1cc(-c2ccncc2)c[nH]c1=O. The van der Waals surface area contributed by atoms with Crippen molar-refractivity contribution in [3.63, 3.8) is 0 Å². The van der Waals surface area contributed by atoms with Gasteiger partial charge in [0.15, 0.2) is 0 Å². The highest BCUT2D eigenvalue weighted by molar-refractivity contribution is 6.07. The minimum Gasteiger partial charge on any atom is -0.327 e. The summed E-state index contributed by atoms with van der Waals surface area (Å²) < 4.78 is 0. The maximum atomic E-state index is 12.4. The standard InChI is InChI=1S/C18H13N3O2/c22-17-10-13-3-1-2-4-15(13)21(17)16-9-14(11-20-18(16)23)12-5-7-19-8-6-12/h1-9,11H,10H2,(H,20,23). The Morgan fingerprint density at radius 3 is 2.57 bits per heavy atom. The second kappa shape index (κ2) is 5.21. The molecule has 0 spiro atoms. The molecule has 1 N–H and O–H groups in total. The maximum Gasteiger partial charge on any atom is 0.272 e. The molecule has 0 unspecified atom stereocenters. The quantitative estimate of drug-likeness (QED) is 0.791. The van der Waals surface area contributed by atoms with Crippen molar-refractivity contribution in [2.75, 3.05) is 4.90 Å². The maximum absolute atomic E-state index is 12.4. The summed E-state index contributed by atoms with van der Waals surface area (Å²) in [5.74, 6) is -0.0939. The van der Waals surface area contributed by atoms with E-state index in [1.54, 1.807) is 24.7 Å². The molecule has 0 atom stereocenters. The van der Waals surface area contributed by atoms with E-state index in [1.807, 2.05) is 36.4 Å². The van der Waals surface area contributed by atoms with E-state index in [0.29, 0.717) is 12.1 Å². The van der Waals surface area contributed by atoms with Crippen LogP contribution >= 0.6 is 0 Å². The highest BCUT2D eigenvalue weighted by atomic mass is 16.2. The van der Waals surface area contributed by atoms with Crippen LogP contribution in [0.1, 0.15) is 5.56 Å². The molecule has 0 aliphatic carbocycles. The van der Waals surface area contributed by atoms with E-state index in [2.05, 4.69) is 9.97 Å². The molecule has 3 heterocycles. The third-order valence-electron chi connectivity index (χ3n) is 3.96. The molecule has 1 aliphatic rings. The van der Waals surface area contributed by atoms with Gasteiger partial charge in [0.25, 0.3) is 5.56 Å². The van der Waals surface area contributed by atoms with E-state index in [9.17, 15) is 9.59 Å². The first-order valence-electron chi connectivity index (χ1n) is 7.28. The smallest absolute Gasteiger partial charge is 0.272 e. The first kappa shape index (κ1) is 13.5. The molecule has 0 saturated heterocycles. The number of H-pyrrole nitrogens is 1. The van der Waals surface area contributed by atoms with Gasteiger partial charge >= 0.3 is 0 Å². The molecule has 0 radical (unpaired) electrons. The number of aromatic amines is 1. The lowest BCUT2D eigenvalue weighted by Gasteiger charge is -2.17. The Labute approximate surface area is 132 Å². The lowest BCUT2D eigenvalue weighted by atomic mass is 10.1. The molecule has 1 amide bonds. The number of carbonyl (C=O) groups excluding carboxylic acids is 1. The van der Waals surface area contributed by atoms with Crippen molar-refractivity contribution in [3.05, 3.63) is 77.0 Å². The topological polar surface area (TPSA) is 66.1 Å². The second-order valence-corrected chi connectivity index (χ2v) is 5.37. The average Bonchev–Trinajstić information content (AvgIpc) is 2.92. The fourth-order valence-electron chi connectivity index (χ4n) is 2.87. The van der Waals surface area contributed by atoms with Crippen molar-refractivity contribution in [2.24, 2.45) is 0 Å². The number of aromatic nitrogens is 2. The first-order chi connectivity index (χ1) is 11.2. The minimum absolute atomic E-state index is 0.0939. The van der Waals surface area contributed by atoms with Gasteiger partial charge in [0.1, 0.15) is 5.69 Å². The molecule has 3 aromatic rings. The van der Waals surface area contributed by atoms with Gasteiger partial charge in [-0.1, -0.05) is 18.2 Å². The number of amides is 1. The zero-order chi connectivity index (χ0) is 15.8. The number of hydrogen-bond donors (Lipinski definition) is 1. The van der Waals surface area contributed by atoms with E-state index in [-0.39, 0.29) is 11.5 Å². The Kier molecular flexibility index (Phi) is 3.05. The van der Waals surface area contributed by atoms with Gasteiger partial charge in [-0.05, 0) is 35.4 Å². The summed E-state index contributed by atoms with van der Waals surface area (Å²) in [5.41, 5.74) is 3.53. The molecule has 112 valence electrons. The van der Waals surface area contributed by atoms with E-state index < -0.39 is 0 Å². The van der Waals surface area contributed by atoms with Gasteiger partial charge in [-0.2, -0.15) is 0 Å². The van der Waals surface area contributed by atoms with Crippen molar-refractivity contribution in [1.82, 2.24) is 9.97 Å². The largest absolute Gasteiger partial charge is 0.327 e. The van der Waals surface area contributed by atoms with Crippen LogP contribution in [-0.2, 0) is 11.2 Å². The molecule has 0 saturated carbocycles. The number of hydrogen-bond acceptors (Lipinski definition) is 3. The molecular weight excluding hydrogens is 290 g/mol. The number of para-hydroxylation sites is 1. The Bertz CT molecular complexity index is 948. The van der Waals surface area contributed by atoms with Gasteiger partial charge in [-0.3, -0.25) is 19.5 Å². The van der Waals surface area contributed by atoms with Crippen LogP contribution in [-0.4, -0.2) is 15.9 Å². The summed E-state index contributed by atoms with van der Waals surface area (Å²) in [6.45, 7) is 0. The highest BCUT2D eigenvalue weighted by Gasteiger charge is 2.29. The van der Waals surface area contributed by atoms with Crippen LogP contribution in [0.25, 0.3) is 11.1 Å². The summed E-state index contributed by atoms with van der Waals surface area (Å²) in [4.78, 5) is 32.9. The molecule has 1 aromatic carbocycles. The van der Waals surface area contributed by atoms with E-state index in [0.717, 1.165) is 22.4 Å². The number of nitrogens with one attached hydrogen (secondary N) is 1. The van der Waals surface area contributed by atoms with Crippen molar-refractivity contribution in [2.45, 2.75) is 6.42 Å². The number of anilines is 2. The van der Waals surface area contributed by atoms with Gasteiger partial charge in [-0.25, -0.2) is 0 Å². The molecule has 5 nitrogen and oxygen atoms in total. The van der Waals surface area contributed by atoms with Crippen LogP contribution in [0.2, 0.25) is 0 Å². The van der Waals surface area contributed by atoms with Crippen molar-refractivity contribution >= 4 is 17.3 Å². The van der Waals surface area contributed by atoms with Gasteiger partial charge in [0.05, 0.1) is 12.1 Å². The fraction of sp³-hybridized carbons (Fsp3) is 0.0556. The van der Waals surface area contributed by atoms with Crippen LogP contribution in [0.3, 0.4) is 0 Å². The van der Waals surface area contributed by atoms with Crippen LogP contribution in [0.5, 0.6) is 0 Å². The molecule has 23 heavy (non-hydrogen) atoms. The predicted molar refractivity (Wildman–Crippen MR) is 87.6 cm³/mol. The number of benzene rings is 1. The fourth-order valence-corrected chi connectivity index (χ4v) is 2.87. The lowest BCUT2D eigenvalue weighted by molar-refractivity contribution is -0.116. The van der Waals surface area contributed by atoms with E-state index >= 15 is 0 Å². The van der Waals surface area contributed by atoms with Gasteiger partial charge in [-0.15, -0.1) is 0 Å². The summed E-state index contributed by atoms with van der Waals surface area (Å²) in [6.07, 6.45) is 5.34. The summed E-state index contributed by atoms with van der Waals surface area (Å²) >= 11 is 0. The zero-order valence-corrected chi connectivity index (χ0v) is 12.2. The summed E-state index contributed by atoms with van der Waals surface area (Å²) in [7, 11) is 0. The molecule has 2 aromatic heterocycles. The lowest BCUT2D eigenvalue weighted by Crippen LogP contribution is -2.27. The van der Waals surface area contributed by atoms with Gasteiger partial charge in [0, 0.05) is 24.2 Å². The molecule has 0 fully saturated rings. The third kappa shape index (κ3) is 2.23. The van der Waals surface area contributed by atoms with Gasteiger partial charge in [0.2, 0.25) is 5.91 Å². The average molecular weight is 303 g/mol. The zero-order valence-electron chi connectivity index (χ0n) is 12.2.